The van der Waals surface area contributed by atoms with Gasteiger partial charge in [0.15, 0.2) is 0 Å². The van der Waals surface area contributed by atoms with Gasteiger partial charge in [-0.3, -0.25) is 14.5 Å². The zero-order chi connectivity index (χ0) is 23.1. The molecule has 1 N–H and O–H groups in total. The molecular formula is C23H26ClN3O4S. The van der Waals surface area contributed by atoms with Crippen LogP contribution in [0.3, 0.4) is 0 Å². The molecule has 1 saturated carbocycles. The Hall–Kier alpha value is -2.45. The van der Waals surface area contributed by atoms with Gasteiger partial charge in [-0.15, -0.1) is 11.3 Å². The molecular weight excluding hydrogens is 450 g/mol. The topological polar surface area (TPSA) is 88.6 Å². The molecule has 2 heterocycles. The van der Waals surface area contributed by atoms with E-state index in [0.29, 0.717) is 29.5 Å². The molecule has 9 heteroatoms. The molecule has 2 unspecified atom stereocenters. The van der Waals surface area contributed by atoms with Gasteiger partial charge < -0.3 is 10.1 Å². The standard InChI is InChI=1S/C23H26ClN3O4S/c1-14-8-22(2,3)13-23(9-14)20(29)27(21(30)26-23)10-18(28)31-11-15-12-32-19(25-15)16-6-4-5-7-17(16)24/h4-7,12,14H,8-11,13H2,1-3H3,(H,26,30). The van der Waals surface area contributed by atoms with Crippen LogP contribution in [0.15, 0.2) is 29.6 Å². The third-order valence-corrected chi connectivity index (χ3v) is 7.20. The molecule has 1 spiro atoms. The summed E-state index contributed by atoms with van der Waals surface area (Å²) >= 11 is 7.61. The SMILES string of the molecule is CC1CC(C)(C)CC2(C1)NC(=O)N(CC(=O)OCc1csc(-c3ccccc3Cl)n1)C2=O. The first-order valence-electron chi connectivity index (χ1n) is 10.6. The van der Waals surface area contributed by atoms with E-state index in [-0.39, 0.29) is 17.9 Å². The minimum absolute atomic E-state index is 0.0430. The van der Waals surface area contributed by atoms with Crippen molar-refractivity contribution in [1.29, 1.82) is 0 Å². The molecule has 32 heavy (non-hydrogen) atoms. The Kier molecular flexibility index (Phi) is 6.02. The van der Waals surface area contributed by atoms with Crippen molar-refractivity contribution in [3.63, 3.8) is 0 Å². The van der Waals surface area contributed by atoms with E-state index in [1.807, 2.05) is 18.2 Å². The fraction of sp³-hybridized carbons (Fsp3) is 0.478. The summed E-state index contributed by atoms with van der Waals surface area (Å²) in [5.41, 5.74) is 0.388. The number of thiazole rings is 1. The molecule has 170 valence electrons. The molecule has 2 fully saturated rings. The van der Waals surface area contributed by atoms with Gasteiger partial charge in [-0.1, -0.05) is 50.6 Å². The highest BCUT2D eigenvalue weighted by Crippen LogP contribution is 2.46. The lowest BCUT2D eigenvalue weighted by molar-refractivity contribution is -0.149. The zero-order valence-electron chi connectivity index (χ0n) is 18.3. The lowest BCUT2D eigenvalue weighted by atomic mass is 9.64. The number of carbonyl (C=O) groups excluding carboxylic acids is 3. The van der Waals surface area contributed by atoms with Crippen LogP contribution in [0.25, 0.3) is 10.6 Å². The molecule has 1 aromatic heterocycles. The number of esters is 1. The Morgan fingerprint density at radius 2 is 2.06 bits per heavy atom. The predicted molar refractivity (Wildman–Crippen MR) is 122 cm³/mol. The van der Waals surface area contributed by atoms with E-state index in [4.69, 9.17) is 16.3 Å². The number of hydrogen-bond acceptors (Lipinski definition) is 6. The van der Waals surface area contributed by atoms with Gasteiger partial charge in [0.25, 0.3) is 5.91 Å². The van der Waals surface area contributed by atoms with Crippen LogP contribution >= 0.6 is 22.9 Å². The number of hydrogen-bond donors (Lipinski definition) is 1. The smallest absolute Gasteiger partial charge is 0.326 e. The van der Waals surface area contributed by atoms with Crippen LogP contribution in [0.2, 0.25) is 5.02 Å². The Bertz CT molecular complexity index is 1070. The van der Waals surface area contributed by atoms with Crippen LogP contribution in [0.4, 0.5) is 4.79 Å². The van der Waals surface area contributed by atoms with E-state index >= 15 is 0 Å². The Balaban J connectivity index is 1.37. The van der Waals surface area contributed by atoms with E-state index < -0.39 is 24.1 Å². The van der Waals surface area contributed by atoms with Gasteiger partial charge in [-0.05, 0) is 36.7 Å². The average molecular weight is 476 g/mol. The molecule has 2 aromatic rings. The third-order valence-electron chi connectivity index (χ3n) is 5.95. The van der Waals surface area contributed by atoms with E-state index in [9.17, 15) is 14.4 Å². The maximum Gasteiger partial charge on any atom is 0.326 e. The summed E-state index contributed by atoms with van der Waals surface area (Å²) in [7, 11) is 0. The summed E-state index contributed by atoms with van der Waals surface area (Å²) in [4.78, 5) is 43.5. The maximum absolute atomic E-state index is 13.1. The number of halogens is 1. The molecule has 1 aliphatic heterocycles. The number of carbonyl (C=O) groups is 3. The van der Waals surface area contributed by atoms with E-state index in [2.05, 4.69) is 31.1 Å². The largest absolute Gasteiger partial charge is 0.458 e. The first-order chi connectivity index (χ1) is 15.1. The summed E-state index contributed by atoms with van der Waals surface area (Å²) in [6.07, 6.45) is 2.13. The quantitative estimate of drug-likeness (QED) is 0.502. The number of amides is 3. The van der Waals surface area contributed by atoms with Crippen molar-refractivity contribution in [3.8, 4) is 10.6 Å². The van der Waals surface area contributed by atoms with Crippen LogP contribution in [0, 0.1) is 11.3 Å². The number of imide groups is 1. The minimum atomic E-state index is -0.933. The van der Waals surface area contributed by atoms with Gasteiger partial charge in [0, 0.05) is 10.9 Å². The van der Waals surface area contributed by atoms with Crippen molar-refractivity contribution in [2.45, 2.75) is 52.2 Å². The third kappa shape index (κ3) is 4.52. The minimum Gasteiger partial charge on any atom is -0.458 e. The Morgan fingerprint density at radius 1 is 1.31 bits per heavy atom. The number of ether oxygens (including phenoxy) is 1. The van der Waals surface area contributed by atoms with Crippen molar-refractivity contribution in [2.24, 2.45) is 11.3 Å². The highest BCUT2D eigenvalue weighted by Gasteiger charge is 2.56. The molecule has 4 rings (SSSR count). The normalized spacial score (nSPS) is 24.6. The van der Waals surface area contributed by atoms with Gasteiger partial charge in [-0.25, -0.2) is 9.78 Å². The Labute approximate surface area is 196 Å². The van der Waals surface area contributed by atoms with Crippen molar-refractivity contribution in [2.75, 3.05) is 6.54 Å². The predicted octanol–water partition coefficient (Wildman–Crippen LogP) is 4.64. The highest BCUT2D eigenvalue weighted by atomic mass is 35.5. The molecule has 1 aromatic carbocycles. The van der Waals surface area contributed by atoms with Crippen LogP contribution in [0.1, 0.15) is 45.7 Å². The van der Waals surface area contributed by atoms with Gasteiger partial charge in [0.2, 0.25) is 0 Å². The highest BCUT2D eigenvalue weighted by molar-refractivity contribution is 7.13. The average Bonchev–Trinajstić information content (AvgIpc) is 3.24. The number of nitrogens with zero attached hydrogens (tertiary/aromatic N) is 2. The van der Waals surface area contributed by atoms with Crippen LogP contribution < -0.4 is 5.32 Å². The van der Waals surface area contributed by atoms with E-state index in [1.165, 1.54) is 11.3 Å². The van der Waals surface area contributed by atoms with Gasteiger partial charge in [-0.2, -0.15) is 0 Å². The van der Waals surface area contributed by atoms with Crippen molar-refractivity contribution in [1.82, 2.24) is 15.2 Å². The van der Waals surface area contributed by atoms with Crippen LogP contribution in [-0.4, -0.2) is 39.9 Å². The molecule has 7 nitrogen and oxygen atoms in total. The number of aromatic nitrogens is 1. The fourth-order valence-electron chi connectivity index (χ4n) is 5.11. The van der Waals surface area contributed by atoms with E-state index in [1.54, 1.807) is 11.4 Å². The molecule has 1 aliphatic carbocycles. The van der Waals surface area contributed by atoms with Crippen molar-refractivity contribution >= 4 is 40.8 Å². The van der Waals surface area contributed by atoms with Gasteiger partial charge in [0.1, 0.15) is 23.7 Å². The Morgan fingerprint density at radius 3 is 2.78 bits per heavy atom. The zero-order valence-corrected chi connectivity index (χ0v) is 19.9. The summed E-state index contributed by atoms with van der Waals surface area (Å²) < 4.78 is 5.30. The summed E-state index contributed by atoms with van der Waals surface area (Å²) in [6.45, 7) is 5.84. The fourth-order valence-corrected chi connectivity index (χ4v) is 6.23. The van der Waals surface area contributed by atoms with Crippen molar-refractivity contribution < 1.29 is 19.1 Å². The molecule has 1 saturated heterocycles. The van der Waals surface area contributed by atoms with Crippen LogP contribution in [-0.2, 0) is 20.9 Å². The molecule has 0 radical (unpaired) electrons. The summed E-state index contributed by atoms with van der Waals surface area (Å²) in [5, 5.41) is 5.98. The number of rotatable bonds is 5. The lowest BCUT2D eigenvalue weighted by Gasteiger charge is -2.43. The number of benzene rings is 1. The molecule has 2 atom stereocenters. The monoisotopic (exact) mass is 475 g/mol. The number of urea groups is 1. The molecule has 3 amide bonds. The number of nitrogens with one attached hydrogen (secondary N) is 1. The second-order valence-corrected chi connectivity index (χ2v) is 10.8. The van der Waals surface area contributed by atoms with E-state index in [0.717, 1.165) is 21.9 Å². The first-order valence-corrected chi connectivity index (χ1v) is 11.8. The lowest BCUT2D eigenvalue weighted by Crippen LogP contribution is -2.54. The summed E-state index contributed by atoms with van der Waals surface area (Å²) in [6, 6.07) is 6.85. The molecule has 0 bridgehead atoms. The van der Waals surface area contributed by atoms with Crippen molar-refractivity contribution in [3.05, 3.63) is 40.4 Å². The second-order valence-electron chi connectivity index (χ2n) is 9.54. The molecule has 2 aliphatic rings. The summed E-state index contributed by atoms with van der Waals surface area (Å²) in [5.74, 6) is -0.693. The first kappa shape index (κ1) is 22.7. The second kappa shape index (κ2) is 8.48. The van der Waals surface area contributed by atoms with Gasteiger partial charge >= 0.3 is 12.0 Å². The maximum atomic E-state index is 13.1. The van der Waals surface area contributed by atoms with Gasteiger partial charge in [0.05, 0.1) is 10.7 Å². The van der Waals surface area contributed by atoms with Crippen LogP contribution in [0.5, 0.6) is 0 Å².